The van der Waals surface area contributed by atoms with Gasteiger partial charge in [-0.05, 0) is 36.6 Å². The summed E-state index contributed by atoms with van der Waals surface area (Å²) in [5.41, 5.74) is 1.96. The highest BCUT2D eigenvalue weighted by Gasteiger charge is 2.05. The molecule has 0 unspecified atom stereocenters. The SMILES string of the molecule is CCCc1ccc(OCC=C(CC)C(=O)OC)cc1. The lowest BCUT2D eigenvalue weighted by atomic mass is 10.1. The zero-order chi connectivity index (χ0) is 14.1. The van der Waals surface area contributed by atoms with Gasteiger partial charge in [-0.25, -0.2) is 4.79 Å². The molecule has 3 heteroatoms. The van der Waals surface area contributed by atoms with E-state index in [1.54, 1.807) is 6.08 Å². The fourth-order valence-electron chi connectivity index (χ4n) is 1.78. The fraction of sp³-hybridized carbons (Fsp3) is 0.438. The van der Waals surface area contributed by atoms with Gasteiger partial charge in [0.2, 0.25) is 0 Å². The summed E-state index contributed by atoms with van der Waals surface area (Å²) < 4.78 is 10.3. The molecule has 104 valence electrons. The molecule has 19 heavy (non-hydrogen) atoms. The molecule has 0 saturated heterocycles. The van der Waals surface area contributed by atoms with Crippen LogP contribution in [0.25, 0.3) is 0 Å². The van der Waals surface area contributed by atoms with Crippen molar-refractivity contribution in [3.63, 3.8) is 0 Å². The third kappa shape index (κ3) is 5.16. The minimum Gasteiger partial charge on any atom is -0.490 e. The highest BCUT2D eigenvalue weighted by atomic mass is 16.5. The molecule has 0 bridgehead atoms. The first kappa shape index (κ1) is 15.3. The minimum atomic E-state index is -0.288. The van der Waals surface area contributed by atoms with Gasteiger partial charge in [-0.2, -0.15) is 0 Å². The summed E-state index contributed by atoms with van der Waals surface area (Å²) in [5, 5.41) is 0. The largest absolute Gasteiger partial charge is 0.490 e. The van der Waals surface area contributed by atoms with Crippen LogP contribution >= 0.6 is 0 Å². The van der Waals surface area contributed by atoms with Crippen molar-refractivity contribution in [1.82, 2.24) is 0 Å². The second-order valence-electron chi connectivity index (χ2n) is 4.28. The van der Waals surface area contributed by atoms with Crippen LogP contribution in [0.1, 0.15) is 32.3 Å². The lowest BCUT2D eigenvalue weighted by Crippen LogP contribution is -2.06. The van der Waals surface area contributed by atoms with Gasteiger partial charge < -0.3 is 9.47 Å². The van der Waals surface area contributed by atoms with Crippen molar-refractivity contribution in [2.24, 2.45) is 0 Å². The van der Waals surface area contributed by atoms with Crippen LogP contribution in [0.3, 0.4) is 0 Å². The summed E-state index contributed by atoms with van der Waals surface area (Å²) in [6.45, 7) is 4.46. The summed E-state index contributed by atoms with van der Waals surface area (Å²) in [4.78, 5) is 11.4. The van der Waals surface area contributed by atoms with Crippen molar-refractivity contribution >= 4 is 5.97 Å². The number of hydrogen-bond donors (Lipinski definition) is 0. The molecule has 0 saturated carbocycles. The number of methoxy groups -OCH3 is 1. The average Bonchev–Trinajstić information content (AvgIpc) is 2.45. The molecule has 0 atom stereocenters. The van der Waals surface area contributed by atoms with Crippen LogP contribution in [0.5, 0.6) is 5.75 Å². The van der Waals surface area contributed by atoms with Crippen LogP contribution in [0.2, 0.25) is 0 Å². The Bertz CT molecular complexity index is 418. The number of benzene rings is 1. The second kappa shape index (κ2) is 8.35. The zero-order valence-electron chi connectivity index (χ0n) is 11.9. The number of aryl methyl sites for hydroxylation is 1. The summed E-state index contributed by atoms with van der Waals surface area (Å²) in [7, 11) is 1.39. The van der Waals surface area contributed by atoms with Gasteiger partial charge in [0, 0.05) is 5.57 Å². The Labute approximate surface area is 115 Å². The summed E-state index contributed by atoms with van der Waals surface area (Å²) in [6.07, 6.45) is 4.64. The van der Waals surface area contributed by atoms with Crippen LogP contribution in [0.4, 0.5) is 0 Å². The molecule has 3 nitrogen and oxygen atoms in total. The summed E-state index contributed by atoms with van der Waals surface area (Å²) in [5.74, 6) is 0.529. The third-order valence-electron chi connectivity index (χ3n) is 2.87. The van der Waals surface area contributed by atoms with Crippen molar-refractivity contribution in [2.75, 3.05) is 13.7 Å². The molecule has 0 fully saturated rings. The molecule has 0 radical (unpaired) electrons. The fourth-order valence-corrected chi connectivity index (χ4v) is 1.78. The van der Waals surface area contributed by atoms with Crippen LogP contribution in [0.15, 0.2) is 35.9 Å². The Kier molecular flexibility index (Phi) is 6.72. The first-order valence-corrected chi connectivity index (χ1v) is 6.70. The maximum absolute atomic E-state index is 11.4. The van der Waals surface area contributed by atoms with E-state index in [9.17, 15) is 4.79 Å². The van der Waals surface area contributed by atoms with E-state index in [2.05, 4.69) is 23.8 Å². The summed E-state index contributed by atoms with van der Waals surface area (Å²) >= 11 is 0. The van der Waals surface area contributed by atoms with E-state index in [0.717, 1.165) is 18.6 Å². The highest BCUT2D eigenvalue weighted by molar-refractivity contribution is 5.88. The maximum Gasteiger partial charge on any atom is 0.333 e. The van der Waals surface area contributed by atoms with Crippen LogP contribution in [0, 0.1) is 0 Å². The van der Waals surface area contributed by atoms with E-state index in [1.165, 1.54) is 12.7 Å². The Balaban J connectivity index is 2.52. The van der Waals surface area contributed by atoms with Crippen molar-refractivity contribution in [2.45, 2.75) is 33.1 Å². The van der Waals surface area contributed by atoms with Crippen LogP contribution < -0.4 is 4.74 Å². The Morgan fingerprint density at radius 2 is 1.89 bits per heavy atom. The molecule has 0 aliphatic rings. The Morgan fingerprint density at radius 3 is 2.42 bits per heavy atom. The number of ether oxygens (including phenoxy) is 2. The molecule has 1 rings (SSSR count). The monoisotopic (exact) mass is 262 g/mol. The van der Waals surface area contributed by atoms with Crippen molar-refractivity contribution in [3.05, 3.63) is 41.5 Å². The number of esters is 1. The van der Waals surface area contributed by atoms with Gasteiger partial charge in [0.05, 0.1) is 7.11 Å². The van der Waals surface area contributed by atoms with E-state index < -0.39 is 0 Å². The lowest BCUT2D eigenvalue weighted by molar-refractivity contribution is -0.136. The first-order chi connectivity index (χ1) is 9.21. The van der Waals surface area contributed by atoms with Gasteiger partial charge in [0.15, 0.2) is 0 Å². The minimum absolute atomic E-state index is 0.288. The van der Waals surface area contributed by atoms with E-state index in [-0.39, 0.29) is 5.97 Å². The van der Waals surface area contributed by atoms with Gasteiger partial charge in [0.1, 0.15) is 12.4 Å². The van der Waals surface area contributed by atoms with Gasteiger partial charge in [-0.1, -0.05) is 32.4 Å². The molecule has 0 aromatic heterocycles. The maximum atomic E-state index is 11.4. The lowest BCUT2D eigenvalue weighted by Gasteiger charge is -2.06. The quantitative estimate of drug-likeness (QED) is 0.557. The second-order valence-corrected chi connectivity index (χ2v) is 4.28. The molecule has 0 aliphatic carbocycles. The standard InChI is InChI=1S/C16H22O3/c1-4-6-13-7-9-15(10-8-13)19-12-11-14(5-2)16(17)18-3/h7-11H,4-6,12H2,1-3H3. The molecule has 0 heterocycles. The predicted octanol–water partition coefficient (Wildman–Crippen LogP) is 3.53. The van der Waals surface area contributed by atoms with Gasteiger partial charge in [0.25, 0.3) is 0 Å². The van der Waals surface area contributed by atoms with E-state index >= 15 is 0 Å². The Hall–Kier alpha value is -1.77. The normalized spacial score (nSPS) is 11.2. The smallest absolute Gasteiger partial charge is 0.333 e. The van der Waals surface area contributed by atoms with E-state index in [0.29, 0.717) is 18.6 Å². The molecule has 0 aliphatic heterocycles. The predicted molar refractivity (Wildman–Crippen MR) is 76.3 cm³/mol. The number of carbonyl (C=O) groups is 1. The molecule has 1 aromatic carbocycles. The van der Waals surface area contributed by atoms with Crippen LogP contribution in [-0.2, 0) is 16.0 Å². The summed E-state index contributed by atoms with van der Waals surface area (Å²) in [6, 6.07) is 8.07. The van der Waals surface area contributed by atoms with Crippen LogP contribution in [-0.4, -0.2) is 19.7 Å². The number of carbonyl (C=O) groups excluding carboxylic acids is 1. The third-order valence-corrected chi connectivity index (χ3v) is 2.87. The van der Waals surface area contributed by atoms with Gasteiger partial charge in [-0.3, -0.25) is 0 Å². The molecule has 1 aromatic rings. The molecule has 0 amide bonds. The average molecular weight is 262 g/mol. The molecular formula is C16H22O3. The Morgan fingerprint density at radius 1 is 1.21 bits per heavy atom. The van der Waals surface area contributed by atoms with Crippen molar-refractivity contribution < 1.29 is 14.3 Å². The van der Waals surface area contributed by atoms with Gasteiger partial charge in [-0.15, -0.1) is 0 Å². The first-order valence-electron chi connectivity index (χ1n) is 6.70. The number of rotatable bonds is 7. The zero-order valence-corrected chi connectivity index (χ0v) is 11.9. The molecular weight excluding hydrogens is 240 g/mol. The topological polar surface area (TPSA) is 35.5 Å². The van der Waals surface area contributed by atoms with Crippen molar-refractivity contribution in [1.29, 1.82) is 0 Å². The highest BCUT2D eigenvalue weighted by Crippen LogP contribution is 2.13. The molecule has 0 N–H and O–H groups in total. The van der Waals surface area contributed by atoms with E-state index in [4.69, 9.17) is 4.74 Å². The van der Waals surface area contributed by atoms with Gasteiger partial charge >= 0.3 is 5.97 Å². The number of hydrogen-bond acceptors (Lipinski definition) is 3. The van der Waals surface area contributed by atoms with Crippen molar-refractivity contribution in [3.8, 4) is 5.75 Å². The molecule has 0 spiro atoms. The van der Waals surface area contributed by atoms with E-state index in [1.807, 2.05) is 19.1 Å².